The summed E-state index contributed by atoms with van der Waals surface area (Å²) in [5.74, 6) is 1.06. The maximum Gasteiger partial charge on any atom is 0.244 e. The van der Waals surface area contributed by atoms with E-state index in [-0.39, 0.29) is 16.9 Å². The smallest absolute Gasteiger partial charge is 0.244 e. The van der Waals surface area contributed by atoms with Gasteiger partial charge in [-0.15, -0.1) is 0 Å². The Morgan fingerprint density at radius 2 is 1.87 bits per heavy atom. The van der Waals surface area contributed by atoms with Crippen LogP contribution in [-0.4, -0.2) is 21.6 Å². The lowest BCUT2D eigenvalue weighted by Gasteiger charge is -2.29. The second-order valence-electron chi connectivity index (χ2n) is 7.00. The number of nitrogens with one attached hydrogen (secondary N) is 1. The van der Waals surface area contributed by atoms with Gasteiger partial charge in [0.05, 0.1) is 7.11 Å². The summed E-state index contributed by atoms with van der Waals surface area (Å²) in [7, 11) is -2.06. The molecule has 1 aromatic rings. The van der Waals surface area contributed by atoms with Crippen LogP contribution >= 0.6 is 0 Å². The van der Waals surface area contributed by atoms with Crippen LogP contribution in [0.25, 0.3) is 0 Å². The van der Waals surface area contributed by atoms with Gasteiger partial charge < -0.3 is 4.74 Å². The van der Waals surface area contributed by atoms with Gasteiger partial charge in [-0.2, -0.15) is 0 Å². The van der Waals surface area contributed by atoms with E-state index >= 15 is 0 Å². The molecule has 1 aliphatic rings. The number of ether oxygens (including phenoxy) is 1. The molecule has 2 atom stereocenters. The van der Waals surface area contributed by atoms with Crippen molar-refractivity contribution in [3.8, 4) is 5.75 Å². The maximum atomic E-state index is 12.9. The van der Waals surface area contributed by atoms with Gasteiger partial charge in [0.2, 0.25) is 10.0 Å². The molecule has 1 aliphatic carbocycles. The van der Waals surface area contributed by atoms with Crippen LogP contribution in [0.3, 0.4) is 0 Å². The van der Waals surface area contributed by atoms with Gasteiger partial charge in [0, 0.05) is 6.04 Å². The molecule has 1 N–H and O–H groups in total. The van der Waals surface area contributed by atoms with Crippen molar-refractivity contribution in [2.45, 2.75) is 70.2 Å². The first-order valence-corrected chi connectivity index (χ1v) is 9.95. The van der Waals surface area contributed by atoms with Crippen LogP contribution in [0.4, 0.5) is 0 Å². The number of aryl methyl sites for hydroxylation is 1. The van der Waals surface area contributed by atoms with E-state index in [2.05, 4.69) is 25.5 Å². The summed E-state index contributed by atoms with van der Waals surface area (Å²) in [6, 6.07) is 3.62. The maximum absolute atomic E-state index is 12.9. The molecule has 1 fully saturated rings. The number of methoxy groups -OCH3 is 1. The minimum atomic E-state index is -3.58. The molecule has 0 saturated heterocycles. The van der Waals surface area contributed by atoms with Gasteiger partial charge in [-0.25, -0.2) is 13.1 Å². The lowest BCUT2D eigenvalue weighted by molar-refractivity contribution is 0.310. The van der Waals surface area contributed by atoms with Gasteiger partial charge in [-0.3, -0.25) is 0 Å². The first-order valence-electron chi connectivity index (χ1n) is 8.47. The highest BCUT2D eigenvalue weighted by Gasteiger charge is 2.29. The molecule has 0 heterocycles. The Kier molecular flexibility index (Phi) is 5.74. The average molecular weight is 340 g/mol. The minimum absolute atomic E-state index is 0.0160. The molecule has 0 aromatic heterocycles. The Labute approximate surface area is 140 Å². The first-order chi connectivity index (χ1) is 10.8. The van der Waals surface area contributed by atoms with Crippen LogP contribution in [0.15, 0.2) is 17.0 Å². The zero-order valence-corrected chi connectivity index (χ0v) is 15.7. The number of hydrogen-bond acceptors (Lipinski definition) is 3. The summed E-state index contributed by atoms with van der Waals surface area (Å²) in [6.45, 7) is 8.26. The van der Waals surface area contributed by atoms with Crippen LogP contribution in [-0.2, 0) is 10.0 Å². The highest BCUT2D eigenvalue weighted by molar-refractivity contribution is 7.89. The van der Waals surface area contributed by atoms with E-state index in [1.54, 1.807) is 6.07 Å². The number of rotatable bonds is 5. The molecule has 0 bridgehead atoms. The van der Waals surface area contributed by atoms with E-state index in [4.69, 9.17) is 4.74 Å². The molecule has 130 valence electrons. The van der Waals surface area contributed by atoms with E-state index in [0.717, 1.165) is 30.4 Å². The highest BCUT2D eigenvalue weighted by Crippen LogP contribution is 2.32. The monoisotopic (exact) mass is 339 g/mol. The lowest BCUT2D eigenvalue weighted by atomic mass is 9.87. The van der Waals surface area contributed by atoms with Gasteiger partial charge in [0.1, 0.15) is 10.6 Å². The average Bonchev–Trinajstić information content (AvgIpc) is 2.48. The second-order valence-corrected chi connectivity index (χ2v) is 8.69. The fourth-order valence-electron chi connectivity index (χ4n) is 3.42. The van der Waals surface area contributed by atoms with Crippen molar-refractivity contribution in [2.24, 2.45) is 5.92 Å². The molecule has 5 heteroatoms. The molecule has 1 saturated carbocycles. The first kappa shape index (κ1) is 18.3. The molecule has 0 amide bonds. The minimum Gasteiger partial charge on any atom is -0.495 e. The molecular formula is C18H29NO3S. The predicted octanol–water partition coefficient (Wildman–Crippen LogP) is 3.98. The SMILES string of the molecule is COc1cc(C)c(C(C)C)cc1S(=O)(=O)N[C@H]1CCCC[C@H]1C. The molecule has 4 nitrogen and oxygen atoms in total. The Bertz CT molecular complexity index is 652. The van der Waals surface area contributed by atoms with Crippen LogP contribution in [0.1, 0.15) is 63.5 Å². The van der Waals surface area contributed by atoms with E-state index in [1.807, 2.05) is 13.0 Å². The molecular weight excluding hydrogens is 310 g/mol. The summed E-state index contributed by atoms with van der Waals surface area (Å²) in [5, 5.41) is 0. The molecule has 0 radical (unpaired) electrons. The highest BCUT2D eigenvalue weighted by atomic mass is 32.2. The van der Waals surface area contributed by atoms with Crippen LogP contribution in [0, 0.1) is 12.8 Å². The van der Waals surface area contributed by atoms with E-state index in [1.165, 1.54) is 13.5 Å². The summed E-state index contributed by atoms with van der Waals surface area (Å²) >= 11 is 0. The number of benzene rings is 1. The van der Waals surface area contributed by atoms with Gasteiger partial charge in [0.15, 0.2) is 0 Å². The Hall–Kier alpha value is -1.07. The Balaban J connectivity index is 2.39. The number of hydrogen-bond donors (Lipinski definition) is 1. The van der Waals surface area contributed by atoms with Crippen molar-refractivity contribution in [3.63, 3.8) is 0 Å². The predicted molar refractivity (Wildman–Crippen MR) is 93.6 cm³/mol. The van der Waals surface area contributed by atoms with Gasteiger partial charge in [-0.05, 0) is 54.9 Å². The third-order valence-electron chi connectivity index (χ3n) is 4.88. The Morgan fingerprint density at radius 1 is 1.22 bits per heavy atom. The zero-order valence-electron chi connectivity index (χ0n) is 14.8. The van der Waals surface area contributed by atoms with Crippen molar-refractivity contribution in [3.05, 3.63) is 23.3 Å². The van der Waals surface area contributed by atoms with E-state index < -0.39 is 10.0 Å². The van der Waals surface area contributed by atoms with Crippen LogP contribution in [0.2, 0.25) is 0 Å². The largest absolute Gasteiger partial charge is 0.495 e. The summed E-state index contributed by atoms with van der Waals surface area (Å²) < 4.78 is 34.1. The molecule has 0 aliphatic heterocycles. The molecule has 0 unspecified atom stereocenters. The summed E-state index contributed by atoms with van der Waals surface area (Å²) in [4.78, 5) is 0.257. The van der Waals surface area contributed by atoms with Gasteiger partial charge in [-0.1, -0.05) is 33.6 Å². The molecule has 0 spiro atoms. The summed E-state index contributed by atoms with van der Waals surface area (Å²) in [6.07, 6.45) is 4.26. The van der Waals surface area contributed by atoms with Crippen molar-refractivity contribution in [2.75, 3.05) is 7.11 Å². The second kappa shape index (κ2) is 7.22. The van der Waals surface area contributed by atoms with Crippen molar-refractivity contribution in [1.82, 2.24) is 4.72 Å². The Morgan fingerprint density at radius 3 is 2.43 bits per heavy atom. The lowest BCUT2D eigenvalue weighted by Crippen LogP contribution is -2.41. The third-order valence-corrected chi connectivity index (χ3v) is 6.39. The standard InChI is InChI=1S/C18H29NO3S/c1-12(2)15-11-18(17(22-5)10-14(15)4)23(20,21)19-16-9-7-6-8-13(16)3/h10-13,16,19H,6-9H2,1-5H3/t13-,16+/m1/s1. The molecule has 1 aromatic carbocycles. The molecule has 2 rings (SSSR count). The third kappa shape index (κ3) is 4.07. The zero-order chi connectivity index (χ0) is 17.2. The van der Waals surface area contributed by atoms with Crippen LogP contribution in [0.5, 0.6) is 5.75 Å². The topological polar surface area (TPSA) is 55.4 Å². The summed E-state index contributed by atoms with van der Waals surface area (Å²) in [5.41, 5.74) is 2.10. The van der Waals surface area contributed by atoms with Crippen molar-refractivity contribution in [1.29, 1.82) is 0 Å². The van der Waals surface area contributed by atoms with Gasteiger partial charge >= 0.3 is 0 Å². The van der Waals surface area contributed by atoms with E-state index in [9.17, 15) is 8.42 Å². The van der Waals surface area contributed by atoms with Crippen molar-refractivity contribution >= 4 is 10.0 Å². The van der Waals surface area contributed by atoms with Crippen molar-refractivity contribution < 1.29 is 13.2 Å². The van der Waals surface area contributed by atoms with Crippen LogP contribution < -0.4 is 9.46 Å². The normalized spacial score (nSPS) is 22.3. The number of sulfonamides is 1. The van der Waals surface area contributed by atoms with E-state index in [0.29, 0.717) is 11.7 Å². The fraction of sp³-hybridized carbons (Fsp3) is 0.667. The quantitative estimate of drug-likeness (QED) is 0.882. The molecule has 23 heavy (non-hydrogen) atoms. The van der Waals surface area contributed by atoms with Gasteiger partial charge in [0.25, 0.3) is 0 Å². The fourth-order valence-corrected chi connectivity index (χ4v) is 4.99.